The monoisotopic (exact) mass is 405 g/mol. The highest BCUT2D eigenvalue weighted by atomic mass is 35.5. The van der Waals surface area contributed by atoms with Crippen molar-refractivity contribution in [1.82, 2.24) is 15.3 Å². The van der Waals surface area contributed by atoms with E-state index in [-0.39, 0.29) is 17.0 Å². The van der Waals surface area contributed by atoms with Gasteiger partial charge in [0.1, 0.15) is 16.5 Å². The van der Waals surface area contributed by atoms with Crippen LogP contribution in [0.3, 0.4) is 0 Å². The Kier molecular flexibility index (Phi) is 6.29. The van der Waals surface area contributed by atoms with Gasteiger partial charge < -0.3 is 10.3 Å². The molecule has 0 saturated heterocycles. The number of hydrogen-bond acceptors (Lipinski definition) is 3. The van der Waals surface area contributed by atoms with E-state index in [1.54, 1.807) is 29.5 Å². The van der Waals surface area contributed by atoms with E-state index in [2.05, 4.69) is 29.1 Å². The highest BCUT2D eigenvalue weighted by molar-refractivity contribution is 7.11. The molecule has 2 aromatic heterocycles. The van der Waals surface area contributed by atoms with Crippen molar-refractivity contribution >= 4 is 28.8 Å². The number of aryl methyl sites for hydroxylation is 1. The molecule has 2 N–H and O–H groups in total. The molecule has 27 heavy (non-hydrogen) atoms. The number of aromatic nitrogens is 2. The van der Waals surface area contributed by atoms with E-state index in [0.29, 0.717) is 17.0 Å². The SMILES string of the molecule is CCCC(NC(=O)c1ccc(-c2ccc(Cl)c(F)c2)[nH]1)c1ncc(CC)s1. The average Bonchev–Trinajstić information content (AvgIpc) is 3.33. The lowest BCUT2D eigenvalue weighted by atomic mass is 10.1. The van der Waals surface area contributed by atoms with Crippen LogP contribution in [-0.4, -0.2) is 15.9 Å². The number of hydrogen-bond donors (Lipinski definition) is 2. The third kappa shape index (κ3) is 4.57. The number of aromatic amines is 1. The summed E-state index contributed by atoms with van der Waals surface area (Å²) in [5.41, 5.74) is 1.72. The molecule has 1 atom stereocenters. The number of amides is 1. The summed E-state index contributed by atoms with van der Waals surface area (Å²) in [6.45, 7) is 4.17. The molecule has 4 nitrogen and oxygen atoms in total. The number of carbonyl (C=O) groups is 1. The van der Waals surface area contributed by atoms with Gasteiger partial charge in [0, 0.05) is 22.3 Å². The van der Waals surface area contributed by atoms with Crippen molar-refractivity contribution in [3.8, 4) is 11.3 Å². The molecule has 142 valence electrons. The van der Waals surface area contributed by atoms with E-state index in [0.717, 1.165) is 24.3 Å². The summed E-state index contributed by atoms with van der Waals surface area (Å²) in [5.74, 6) is -0.698. The number of carbonyl (C=O) groups excluding carboxylic acids is 1. The van der Waals surface area contributed by atoms with Crippen molar-refractivity contribution in [2.75, 3.05) is 0 Å². The molecule has 3 rings (SSSR count). The van der Waals surface area contributed by atoms with Crippen molar-refractivity contribution in [1.29, 1.82) is 0 Å². The van der Waals surface area contributed by atoms with Crippen molar-refractivity contribution in [3.63, 3.8) is 0 Å². The van der Waals surface area contributed by atoms with E-state index in [1.807, 2.05) is 6.20 Å². The molecular weight excluding hydrogens is 385 g/mol. The number of thiazole rings is 1. The highest BCUT2D eigenvalue weighted by Crippen LogP contribution is 2.26. The van der Waals surface area contributed by atoms with Gasteiger partial charge in [-0.2, -0.15) is 0 Å². The average molecular weight is 406 g/mol. The number of nitrogens with one attached hydrogen (secondary N) is 2. The van der Waals surface area contributed by atoms with Gasteiger partial charge in [-0.25, -0.2) is 9.37 Å². The minimum absolute atomic E-state index is 0.0700. The zero-order chi connectivity index (χ0) is 19.4. The largest absolute Gasteiger partial charge is 0.351 e. The van der Waals surface area contributed by atoms with Crippen LogP contribution in [0.15, 0.2) is 36.5 Å². The van der Waals surface area contributed by atoms with E-state index >= 15 is 0 Å². The number of halogens is 2. The van der Waals surface area contributed by atoms with E-state index < -0.39 is 5.82 Å². The first kappa shape index (κ1) is 19.6. The van der Waals surface area contributed by atoms with Gasteiger partial charge in [0.15, 0.2) is 0 Å². The van der Waals surface area contributed by atoms with Crippen LogP contribution in [0.1, 0.15) is 53.1 Å². The molecule has 0 aliphatic heterocycles. The Labute approximate surface area is 166 Å². The lowest BCUT2D eigenvalue weighted by molar-refractivity contribution is 0.0930. The van der Waals surface area contributed by atoms with Gasteiger partial charge in [-0.1, -0.05) is 37.9 Å². The zero-order valence-corrected chi connectivity index (χ0v) is 16.8. The quantitative estimate of drug-likeness (QED) is 0.524. The Morgan fingerprint density at radius 1 is 1.33 bits per heavy atom. The maximum atomic E-state index is 13.7. The van der Waals surface area contributed by atoms with Crippen LogP contribution in [0, 0.1) is 5.82 Å². The topological polar surface area (TPSA) is 57.8 Å². The summed E-state index contributed by atoms with van der Waals surface area (Å²) in [4.78, 5) is 21.4. The summed E-state index contributed by atoms with van der Waals surface area (Å²) >= 11 is 7.36. The van der Waals surface area contributed by atoms with Crippen LogP contribution in [0.4, 0.5) is 4.39 Å². The van der Waals surface area contributed by atoms with Gasteiger partial charge in [0.2, 0.25) is 0 Å². The summed E-state index contributed by atoms with van der Waals surface area (Å²) in [5, 5.41) is 4.05. The van der Waals surface area contributed by atoms with E-state index in [4.69, 9.17) is 11.6 Å². The molecule has 2 heterocycles. The molecule has 0 spiro atoms. The smallest absolute Gasteiger partial charge is 0.268 e. The third-order valence-corrected chi connectivity index (χ3v) is 5.82. The fourth-order valence-corrected chi connectivity index (χ4v) is 3.85. The summed E-state index contributed by atoms with van der Waals surface area (Å²) in [6.07, 6.45) is 4.56. The molecule has 0 aliphatic rings. The minimum atomic E-state index is -0.492. The van der Waals surface area contributed by atoms with Crippen LogP contribution in [-0.2, 0) is 6.42 Å². The standard InChI is InChI=1S/C20H21ClFN3OS/c1-3-5-18(20-23-11-13(4-2)27-20)25-19(26)17-9-8-16(24-17)12-6-7-14(21)15(22)10-12/h6-11,18,24H,3-5H2,1-2H3,(H,25,26). The Bertz CT molecular complexity index is 937. The van der Waals surface area contributed by atoms with Crippen LogP contribution < -0.4 is 5.32 Å². The number of rotatable bonds is 7. The summed E-state index contributed by atoms with van der Waals surface area (Å²) < 4.78 is 13.7. The molecule has 0 radical (unpaired) electrons. The van der Waals surface area contributed by atoms with Gasteiger partial charge in [-0.05, 0) is 37.1 Å². The maximum absolute atomic E-state index is 13.7. The van der Waals surface area contributed by atoms with Crippen LogP contribution in [0.25, 0.3) is 11.3 Å². The van der Waals surface area contributed by atoms with E-state index in [9.17, 15) is 9.18 Å². The Morgan fingerprint density at radius 3 is 2.81 bits per heavy atom. The first-order valence-corrected chi connectivity index (χ1v) is 10.1. The first-order chi connectivity index (χ1) is 13.0. The Morgan fingerprint density at radius 2 is 2.15 bits per heavy atom. The van der Waals surface area contributed by atoms with Crippen molar-refractivity contribution in [2.24, 2.45) is 0 Å². The molecule has 0 saturated carbocycles. The van der Waals surface area contributed by atoms with Gasteiger partial charge >= 0.3 is 0 Å². The Balaban J connectivity index is 1.76. The molecular formula is C20H21ClFN3OS. The second kappa shape index (κ2) is 8.67. The van der Waals surface area contributed by atoms with Crippen molar-refractivity contribution < 1.29 is 9.18 Å². The third-order valence-electron chi connectivity index (χ3n) is 4.26. The maximum Gasteiger partial charge on any atom is 0.268 e. The number of H-pyrrole nitrogens is 1. The molecule has 0 bridgehead atoms. The highest BCUT2D eigenvalue weighted by Gasteiger charge is 2.19. The van der Waals surface area contributed by atoms with Gasteiger partial charge in [0.25, 0.3) is 5.91 Å². The summed E-state index contributed by atoms with van der Waals surface area (Å²) in [7, 11) is 0. The lowest BCUT2D eigenvalue weighted by Crippen LogP contribution is -2.28. The molecule has 1 unspecified atom stereocenters. The minimum Gasteiger partial charge on any atom is -0.351 e. The van der Waals surface area contributed by atoms with Crippen LogP contribution in [0.5, 0.6) is 0 Å². The molecule has 0 fully saturated rings. The molecule has 7 heteroatoms. The summed E-state index contributed by atoms with van der Waals surface area (Å²) in [6, 6.07) is 7.88. The van der Waals surface area contributed by atoms with Gasteiger partial charge in [-0.3, -0.25) is 4.79 Å². The van der Waals surface area contributed by atoms with Crippen LogP contribution >= 0.6 is 22.9 Å². The molecule has 0 aliphatic carbocycles. The normalized spacial score (nSPS) is 12.1. The second-order valence-electron chi connectivity index (χ2n) is 6.25. The van der Waals surface area contributed by atoms with Gasteiger partial charge in [0.05, 0.1) is 11.1 Å². The van der Waals surface area contributed by atoms with E-state index in [1.165, 1.54) is 17.0 Å². The number of benzene rings is 1. The first-order valence-electron chi connectivity index (χ1n) is 8.91. The van der Waals surface area contributed by atoms with Crippen molar-refractivity contribution in [3.05, 3.63) is 62.9 Å². The predicted octanol–water partition coefficient (Wildman–Crippen LogP) is 5.76. The molecule has 3 aromatic rings. The zero-order valence-electron chi connectivity index (χ0n) is 15.2. The van der Waals surface area contributed by atoms with Crippen LogP contribution in [0.2, 0.25) is 5.02 Å². The van der Waals surface area contributed by atoms with Gasteiger partial charge in [-0.15, -0.1) is 11.3 Å². The second-order valence-corrected chi connectivity index (χ2v) is 7.80. The van der Waals surface area contributed by atoms with Crippen molar-refractivity contribution in [2.45, 2.75) is 39.2 Å². The molecule has 1 aromatic carbocycles. The fourth-order valence-electron chi connectivity index (χ4n) is 2.79. The predicted molar refractivity (Wildman–Crippen MR) is 108 cm³/mol. The Hall–Kier alpha value is -2.18. The number of nitrogens with zero attached hydrogens (tertiary/aromatic N) is 1. The fraction of sp³-hybridized carbons (Fsp3) is 0.300. The lowest BCUT2D eigenvalue weighted by Gasteiger charge is -2.15. The molecule has 1 amide bonds.